The first-order chi connectivity index (χ1) is 14.0. The smallest absolute Gasteiger partial charge is 0.334 e. The third kappa shape index (κ3) is 9.71. The number of aromatic hydroxyl groups is 1. The summed E-state index contributed by atoms with van der Waals surface area (Å²) < 4.78 is 4.48. The summed E-state index contributed by atoms with van der Waals surface area (Å²) in [5, 5.41) is 28.7. The van der Waals surface area contributed by atoms with Crippen molar-refractivity contribution in [1.29, 1.82) is 5.26 Å². The van der Waals surface area contributed by atoms with E-state index in [1.165, 1.54) is 38.3 Å². The monoisotopic (exact) mass is 412 g/mol. The molecule has 0 heterocycles. The summed E-state index contributed by atoms with van der Waals surface area (Å²) in [7, 11) is 1.20. The fourth-order valence-electron chi connectivity index (χ4n) is 1.81. The molecule has 1 aromatic rings. The van der Waals surface area contributed by atoms with Gasteiger partial charge < -0.3 is 20.3 Å². The van der Waals surface area contributed by atoms with E-state index in [0.29, 0.717) is 11.3 Å². The predicted molar refractivity (Wildman–Crippen MR) is 112 cm³/mol. The second-order valence-corrected chi connectivity index (χ2v) is 5.97. The lowest BCUT2D eigenvalue weighted by molar-refractivity contribution is -0.136. The molecule has 8 heteroatoms. The van der Waals surface area contributed by atoms with Crippen molar-refractivity contribution in [3.05, 3.63) is 72.4 Å². The summed E-state index contributed by atoms with van der Waals surface area (Å²) >= 11 is 0. The number of methoxy groups -OCH3 is 1. The first kappa shape index (κ1) is 25.9. The quantitative estimate of drug-likeness (QED) is 0.270. The molecule has 8 nitrogen and oxygen atoms in total. The molecule has 0 bridgehead atoms. The number of carboxylic acid groups (broad SMARTS) is 1. The number of hydrogen-bond acceptors (Lipinski definition) is 6. The number of amides is 1. The van der Waals surface area contributed by atoms with Crippen LogP contribution in [0.15, 0.2) is 72.4 Å². The second kappa shape index (κ2) is 13.1. The Bertz CT molecular complexity index is 905. The number of carbonyl (C=O) groups excluding carboxylic acids is 2. The van der Waals surface area contributed by atoms with Gasteiger partial charge in [-0.2, -0.15) is 5.26 Å². The lowest BCUT2D eigenvalue weighted by atomic mass is 9.97. The van der Waals surface area contributed by atoms with Crippen LogP contribution in [-0.4, -0.2) is 35.2 Å². The molecule has 0 radical (unpaired) electrons. The van der Waals surface area contributed by atoms with E-state index in [4.69, 9.17) is 15.5 Å². The number of ether oxygens (including phenoxy) is 1. The van der Waals surface area contributed by atoms with Crippen LogP contribution in [0.5, 0.6) is 5.75 Å². The highest BCUT2D eigenvalue weighted by Crippen LogP contribution is 2.17. The summed E-state index contributed by atoms with van der Waals surface area (Å²) in [6.07, 6.45) is 3.87. The van der Waals surface area contributed by atoms with Gasteiger partial charge in [-0.1, -0.05) is 25.3 Å². The van der Waals surface area contributed by atoms with Crippen molar-refractivity contribution >= 4 is 23.5 Å². The maximum absolute atomic E-state index is 11.3. The highest BCUT2D eigenvalue weighted by molar-refractivity contribution is 6.02. The molecule has 0 spiro atoms. The Hall–Kier alpha value is -4.12. The van der Waals surface area contributed by atoms with Crippen molar-refractivity contribution in [2.24, 2.45) is 5.92 Å². The fraction of sp³-hybridized carbons (Fsp3) is 0.182. The zero-order chi connectivity index (χ0) is 23.3. The summed E-state index contributed by atoms with van der Waals surface area (Å²) in [6, 6.07) is 8.02. The number of nitrogens with zero attached hydrogens (tertiary/aromatic N) is 1. The van der Waals surface area contributed by atoms with Crippen molar-refractivity contribution in [2.75, 3.05) is 12.4 Å². The number of nitrogens with one attached hydrogen (secondary N) is 1. The molecule has 1 amide bonds. The number of phenolic OH excluding ortho intramolecular Hbond substituents is 1. The minimum Gasteiger partial charge on any atom is -0.508 e. The molecule has 1 atom stereocenters. The van der Waals surface area contributed by atoms with Crippen molar-refractivity contribution in [1.82, 2.24) is 0 Å². The summed E-state index contributed by atoms with van der Waals surface area (Å²) in [6.45, 7) is 10.0. The molecule has 158 valence electrons. The average Bonchev–Trinajstić information content (AvgIpc) is 2.71. The standard InChI is InChI=1S/C12H13NO4.C10H11NO2/c1-8(11(14)15)7-10(5-4-6-13)9(2)12(16)17-3;1-7(2)10(13)11-8-3-5-9(12)6-4-8/h4-5,7,10H,2H2,1,3H3,(H,14,15);3-6,12H,1H2,2H3,(H,11,13). The molecule has 3 N–H and O–H groups in total. The minimum absolute atomic E-state index is 0.0580. The molecule has 0 aliphatic carbocycles. The Morgan fingerprint density at radius 1 is 1.20 bits per heavy atom. The van der Waals surface area contributed by atoms with Gasteiger partial charge in [-0.05, 0) is 38.1 Å². The third-order valence-corrected chi connectivity index (χ3v) is 3.51. The number of rotatable bonds is 7. The molecular weight excluding hydrogens is 388 g/mol. The fourth-order valence-corrected chi connectivity index (χ4v) is 1.81. The minimum atomic E-state index is -1.10. The molecule has 30 heavy (non-hydrogen) atoms. The number of carboxylic acids is 1. The van der Waals surface area contributed by atoms with Gasteiger partial charge in [0.25, 0.3) is 5.91 Å². The van der Waals surface area contributed by atoms with E-state index in [1.54, 1.807) is 25.1 Å². The highest BCUT2D eigenvalue weighted by Gasteiger charge is 2.16. The Labute approximate surface area is 175 Å². The number of benzene rings is 1. The molecule has 1 aromatic carbocycles. The van der Waals surface area contributed by atoms with Crippen molar-refractivity contribution in [2.45, 2.75) is 13.8 Å². The van der Waals surface area contributed by atoms with Gasteiger partial charge >= 0.3 is 11.9 Å². The number of nitriles is 1. The first-order valence-corrected chi connectivity index (χ1v) is 8.54. The SMILES string of the molecule is C=C(C(=O)OC)C(C=CC#N)C=C(C)C(=O)O.C=C(C)C(=O)Nc1ccc(O)cc1. The largest absolute Gasteiger partial charge is 0.508 e. The van der Waals surface area contributed by atoms with Gasteiger partial charge in [0.05, 0.1) is 13.2 Å². The average molecular weight is 412 g/mol. The Kier molecular flexibility index (Phi) is 11.3. The van der Waals surface area contributed by atoms with E-state index in [-0.39, 0.29) is 22.8 Å². The summed E-state index contributed by atoms with van der Waals surface area (Å²) in [5.74, 6) is -2.46. The third-order valence-electron chi connectivity index (χ3n) is 3.51. The van der Waals surface area contributed by atoms with Crippen LogP contribution in [0.2, 0.25) is 0 Å². The molecular formula is C22H24N2O6. The van der Waals surface area contributed by atoms with Gasteiger partial charge in [0.1, 0.15) is 5.75 Å². The van der Waals surface area contributed by atoms with Crippen LogP contribution >= 0.6 is 0 Å². The van der Waals surface area contributed by atoms with Crippen LogP contribution in [0.25, 0.3) is 0 Å². The number of hydrogen-bond donors (Lipinski definition) is 3. The molecule has 0 aromatic heterocycles. The normalized spacial score (nSPS) is 11.3. The zero-order valence-corrected chi connectivity index (χ0v) is 17.0. The van der Waals surface area contributed by atoms with E-state index in [1.807, 2.05) is 0 Å². The number of aliphatic carboxylic acids is 1. The first-order valence-electron chi connectivity index (χ1n) is 8.54. The van der Waals surface area contributed by atoms with Crippen LogP contribution in [0, 0.1) is 17.2 Å². The van der Waals surface area contributed by atoms with Crippen LogP contribution in [0.1, 0.15) is 13.8 Å². The predicted octanol–water partition coefficient (Wildman–Crippen LogP) is 3.35. The van der Waals surface area contributed by atoms with Gasteiger partial charge in [-0.25, -0.2) is 9.59 Å². The molecule has 1 rings (SSSR count). The van der Waals surface area contributed by atoms with Gasteiger partial charge in [-0.3, -0.25) is 4.79 Å². The Balaban J connectivity index is 0.000000579. The topological polar surface area (TPSA) is 137 Å². The molecule has 0 fully saturated rings. The van der Waals surface area contributed by atoms with E-state index in [9.17, 15) is 14.4 Å². The number of esters is 1. The summed E-state index contributed by atoms with van der Waals surface area (Å²) in [5.41, 5.74) is 1.22. The molecule has 0 aliphatic rings. The number of anilines is 1. The van der Waals surface area contributed by atoms with Gasteiger partial charge in [0.15, 0.2) is 0 Å². The maximum Gasteiger partial charge on any atom is 0.334 e. The van der Waals surface area contributed by atoms with Crippen LogP contribution < -0.4 is 5.32 Å². The second-order valence-electron chi connectivity index (χ2n) is 5.97. The van der Waals surface area contributed by atoms with Crippen LogP contribution in [-0.2, 0) is 19.1 Å². The number of phenols is 1. The molecule has 0 aliphatic heterocycles. The molecule has 0 saturated carbocycles. The Morgan fingerprint density at radius 2 is 1.77 bits per heavy atom. The highest BCUT2D eigenvalue weighted by atomic mass is 16.5. The van der Waals surface area contributed by atoms with Crippen molar-refractivity contribution in [3.8, 4) is 11.8 Å². The lowest BCUT2D eigenvalue weighted by Crippen LogP contribution is -2.12. The van der Waals surface area contributed by atoms with E-state index >= 15 is 0 Å². The lowest BCUT2D eigenvalue weighted by Gasteiger charge is -2.10. The Morgan fingerprint density at radius 3 is 2.20 bits per heavy atom. The van der Waals surface area contributed by atoms with Crippen LogP contribution in [0.4, 0.5) is 5.69 Å². The van der Waals surface area contributed by atoms with E-state index < -0.39 is 17.9 Å². The number of carbonyl (C=O) groups is 3. The van der Waals surface area contributed by atoms with Crippen LogP contribution in [0.3, 0.4) is 0 Å². The maximum atomic E-state index is 11.3. The van der Waals surface area contributed by atoms with Gasteiger partial charge in [-0.15, -0.1) is 0 Å². The van der Waals surface area contributed by atoms with Crippen molar-refractivity contribution in [3.63, 3.8) is 0 Å². The van der Waals surface area contributed by atoms with E-state index in [2.05, 4.69) is 23.2 Å². The summed E-state index contributed by atoms with van der Waals surface area (Å²) in [4.78, 5) is 33.0. The molecule has 1 unspecified atom stereocenters. The van der Waals surface area contributed by atoms with Gasteiger partial charge in [0, 0.05) is 34.4 Å². The molecule has 0 saturated heterocycles. The number of allylic oxidation sites excluding steroid dienone is 3. The van der Waals surface area contributed by atoms with E-state index in [0.717, 1.165) is 6.08 Å². The van der Waals surface area contributed by atoms with Gasteiger partial charge in [0.2, 0.25) is 0 Å². The van der Waals surface area contributed by atoms with Crippen molar-refractivity contribution < 1.29 is 29.3 Å². The zero-order valence-electron chi connectivity index (χ0n) is 17.0.